The molecule has 0 amide bonds. The molecule has 32 heavy (non-hydrogen) atoms. The fourth-order valence-corrected chi connectivity index (χ4v) is 3.44. The van der Waals surface area contributed by atoms with Gasteiger partial charge in [-0.3, -0.25) is 9.59 Å². The molecule has 0 bridgehead atoms. The number of hydrogen-bond donors (Lipinski definition) is 2. The third-order valence-electron chi connectivity index (χ3n) is 5.23. The summed E-state index contributed by atoms with van der Waals surface area (Å²) in [5.41, 5.74) is 2.63. The van der Waals surface area contributed by atoms with Gasteiger partial charge in [0.25, 0.3) is 10.9 Å². The van der Waals surface area contributed by atoms with Crippen LogP contribution in [0.15, 0.2) is 95.0 Å². The molecular weight excluding hydrogens is 404 g/mol. The molecule has 6 heteroatoms. The fourth-order valence-electron chi connectivity index (χ4n) is 3.44. The minimum absolute atomic E-state index is 0.0863. The van der Waals surface area contributed by atoms with E-state index in [-0.39, 0.29) is 5.69 Å². The first-order chi connectivity index (χ1) is 15.5. The minimum Gasteiger partial charge on any atom is -0.502 e. The average molecular weight is 426 g/mol. The minimum atomic E-state index is -0.873. The van der Waals surface area contributed by atoms with Crippen LogP contribution in [0.25, 0.3) is 5.57 Å². The first-order valence-corrected chi connectivity index (χ1v) is 10.0. The molecule has 0 heterocycles. The first-order valence-electron chi connectivity index (χ1n) is 10.0. The van der Waals surface area contributed by atoms with E-state index in [1.807, 2.05) is 72.8 Å². The van der Waals surface area contributed by atoms with Gasteiger partial charge < -0.3 is 20.1 Å². The highest BCUT2D eigenvalue weighted by Crippen LogP contribution is 2.32. The normalized spacial score (nSPS) is 10.7. The van der Waals surface area contributed by atoms with Crippen LogP contribution >= 0.6 is 0 Å². The zero-order valence-corrected chi connectivity index (χ0v) is 17.5. The van der Waals surface area contributed by atoms with Gasteiger partial charge in [-0.2, -0.15) is 0 Å². The molecule has 4 aromatic carbocycles. The van der Waals surface area contributed by atoms with Gasteiger partial charge in [0, 0.05) is 23.6 Å². The second-order valence-electron chi connectivity index (χ2n) is 7.31. The number of ether oxygens (including phenoxy) is 1. The van der Waals surface area contributed by atoms with Crippen LogP contribution < -0.4 is 25.8 Å². The molecular formula is C26H22N2O4. The van der Waals surface area contributed by atoms with Crippen molar-refractivity contribution in [1.82, 2.24) is 0 Å². The van der Waals surface area contributed by atoms with Crippen LogP contribution in [0.2, 0.25) is 0 Å². The van der Waals surface area contributed by atoms with Gasteiger partial charge in [-0.25, -0.2) is 0 Å². The lowest BCUT2D eigenvalue weighted by Crippen LogP contribution is -2.32. The van der Waals surface area contributed by atoms with Crippen molar-refractivity contribution in [2.75, 3.05) is 23.9 Å². The smallest absolute Gasteiger partial charge is 0.271 e. The average Bonchev–Trinajstić information content (AvgIpc) is 2.85. The lowest BCUT2D eigenvalue weighted by molar-refractivity contribution is 0.415. The predicted molar refractivity (Wildman–Crippen MR) is 128 cm³/mol. The molecule has 0 aromatic heterocycles. The maximum Gasteiger partial charge on any atom is 0.271 e. The summed E-state index contributed by atoms with van der Waals surface area (Å²) in [6, 6.07) is 25.0. The van der Waals surface area contributed by atoms with E-state index in [1.54, 1.807) is 13.2 Å². The molecule has 0 saturated carbocycles. The summed E-state index contributed by atoms with van der Waals surface area (Å²) in [7, 11) is 1.62. The van der Waals surface area contributed by atoms with E-state index in [4.69, 9.17) is 4.74 Å². The van der Waals surface area contributed by atoms with E-state index in [0.29, 0.717) is 12.2 Å². The third-order valence-corrected chi connectivity index (χ3v) is 5.23. The lowest BCUT2D eigenvalue weighted by atomic mass is 10.1. The van der Waals surface area contributed by atoms with Crippen LogP contribution in [-0.2, 0) is 0 Å². The highest BCUT2D eigenvalue weighted by atomic mass is 16.5. The van der Waals surface area contributed by atoms with Gasteiger partial charge in [-0.1, -0.05) is 43.0 Å². The summed E-state index contributed by atoms with van der Waals surface area (Å²) in [4.78, 5) is 25.1. The van der Waals surface area contributed by atoms with Crippen molar-refractivity contribution in [3.8, 4) is 11.5 Å². The summed E-state index contributed by atoms with van der Waals surface area (Å²) in [6.07, 6.45) is 0. The monoisotopic (exact) mass is 426 g/mol. The fraction of sp³-hybridized carbons (Fsp3) is 0.0769. The number of methoxy groups -OCH3 is 1. The van der Waals surface area contributed by atoms with E-state index in [1.165, 1.54) is 0 Å². The highest BCUT2D eigenvalue weighted by molar-refractivity contribution is 5.77. The maximum atomic E-state index is 11.7. The van der Waals surface area contributed by atoms with Gasteiger partial charge >= 0.3 is 0 Å². The Labute approximate surface area is 185 Å². The van der Waals surface area contributed by atoms with Crippen molar-refractivity contribution in [1.29, 1.82) is 0 Å². The van der Waals surface area contributed by atoms with Gasteiger partial charge in [-0.05, 0) is 53.6 Å². The number of nitrogens with one attached hydrogen (secondary N) is 1. The summed E-state index contributed by atoms with van der Waals surface area (Å²) >= 11 is 0. The van der Waals surface area contributed by atoms with Crippen molar-refractivity contribution in [2.24, 2.45) is 0 Å². The van der Waals surface area contributed by atoms with Crippen molar-refractivity contribution in [3.05, 3.63) is 111 Å². The number of nitrogens with zero attached hydrogens (tertiary/aromatic N) is 1. The van der Waals surface area contributed by atoms with Gasteiger partial charge in [-0.15, -0.1) is 0 Å². The molecule has 0 unspecified atom stereocenters. The second kappa shape index (κ2) is 8.81. The molecule has 160 valence electrons. The van der Waals surface area contributed by atoms with Gasteiger partial charge in [0.15, 0.2) is 5.75 Å². The summed E-state index contributed by atoms with van der Waals surface area (Å²) in [5.74, 6) is 0.214. The van der Waals surface area contributed by atoms with Crippen LogP contribution in [0.3, 0.4) is 0 Å². The van der Waals surface area contributed by atoms with E-state index < -0.39 is 16.6 Å². The molecule has 0 atom stereocenters. The molecule has 0 aliphatic carbocycles. The van der Waals surface area contributed by atoms with E-state index in [2.05, 4.69) is 16.8 Å². The molecule has 6 nitrogen and oxygen atoms in total. The molecule has 2 N–H and O–H groups in total. The lowest BCUT2D eigenvalue weighted by Gasteiger charge is -2.27. The van der Waals surface area contributed by atoms with Crippen molar-refractivity contribution in [3.63, 3.8) is 0 Å². The van der Waals surface area contributed by atoms with Crippen molar-refractivity contribution in [2.45, 2.75) is 0 Å². The summed E-state index contributed by atoms with van der Waals surface area (Å²) < 4.78 is 5.28. The topological polar surface area (TPSA) is 78.9 Å². The number of hydrogen-bond acceptors (Lipinski definition) is 6. The Morgan fingerprint density at radius 1 is 0.938 bits per heavy atom. The molecule has 0 aliphatic rings. The SMILES string of the molecule is C=C(CN(c1ccc(OC)cc1)c1cccc(Nc2c(O)c(=O)c2=O)c1)c1ccccc1. The van der Waals surface area contributed by atoms with Crippen LogP contribution in [0.5, 0.6) is 11.5 Å². The van der Waals surface area contributed by atoms with Gasteiger partial charge in [0.05, 0.1) is 7.11 Å². The summed E-state index contributed by atoms with van der Waals surface area (Å²) in [6.45, 7) is 4.79. The number of benzene rings is 3. The quantitative estimate of drug-likeness (QED) is 0.401. The Hall–Kier alpha value is -4.32. The van der Waals surface area contributed by atoms with Gasteiger partial charge in [0.2, 0.25) is 0 Å². The summed E-state index contributed by atoms with van der Waals surface area (Å²) in [5, 5.41) is 12.5. The Bertz CT molecular complexity index is 1320. The van der Waals surface area contributed by atoms with E-state index in [9.17, 15) is 14.7 Å². The largest absolute Gasteiger partial charge is 0.502 e. The van der Waals surface area contributed by atoms with Crippen LogP contribution in [0, 0.1) is 0 Å². The standard InChI is InChI=1S/C26H22N2O4/c1-17(18-7-4-3-5-8-18)16-28(20-11-13-22(32-2)14-12-20)21-10-6-9-19(15-21)27-23-24(29)26(31)25(23)30/h3-15,27,29H,1,16H2,2H3. The first kappa shape index (κ1) is 20.9. The third kappa shape index (κ3) is 4.11. The highest BCUT2D eigenvalue weighted by Gasteiger charge is 2.20. The molecule has 4 rings (SSSR count). The molecule has 0 saturated heterocycles. The molecule has 0 radical (unpaired) electrons. The van der Waals surface area contributed by atoms with E-state index in [0.717, 1.165) is 28.3 Å². The zero-order valence-electron chi connectivity index (χ0n) is 17.5. The Balaban J connectivity index is 1.68. The zero-order chi connectivity index (χ0) is 22.7. The van der Waals surface area contributed by atoms with Crippen LogP contribution in [-0.4, -0.2) is 18.8 Å². The van der Waals surface area contributed by atoms with Crippen LogP contribution in [0.1, 0.15) is 5.56 Å². The Morgan fingerprint density at radius 3 is 2.31 bits per heavy atom. The van der Waals surface area contributed by atoms with Crippen molar-refractivity contribution >= 4 is 28.3 Å². The second-order valence-corrected chi connectivity index (χ2v) is 7.31. The van der Waals surface area contributed by atoms with Crippen LogP contribution in [0.4, 0.5) is 22.7 Å². The Kier molecular flexibility index (Phi) is 5.77. The van der Waals surface area contributed by atoms with Crippen molar-refractivity contribution < 1.29 is 9.84 Å². The number of aromatic hydroxyl groups is 1. The molecule has 0 fully saturated rings. The van der Waals surface area contributed by atoms with Gasteiger partial charge in [0.1, 0.15) is 11.4 Å². The van der Waals surface area contributed by atoms with E-state index >= 15 is 0 Å². The number of anilines is 4. The Morgan fingerprint density at radius 2 is 1.66 bits per heavy atom. The molecule has 0 spiro atoms. The molecule has 4 aromatic rings. The predicted octanol–water partition coefficient (Wildman–Crippen LogP) is 4.59. The maximum absolute atomic E-state index is 11.7. The number of rotatable bonds is 8. The molecule has 0 aliphatic heterocycles.